The average Bonchev–Trinajstić information content (AvgIpc) is 2.94. The molecule has 0 bridgehead atoms. The van der Waals surface area contributed by atoms with Gasteiger partial charge in [-0.3, -0.25) is 4.57 Å². The van der Waals surface area contributed by atoms with Crippen molar-refractivity contribution in [1.29, 1.82) is 0 Å². The van der Waals surface area contributed by atoms with Gasteiger partial charge in [-0.05, 0) is 42.5 Å². The van der Waals surface area contributed by atoms with Gasteiger partial charge in [-0.15, -0.1) is 0 Å². The van der Waals surface area contributed by atoms with Crippen molar-refractivity contribution in [2.24, 2.45) is 0 Å². The summed E-state index contributed by atoms with van der Waals surface area (Å²) in [5.41, 5.74) is 4.20. The molecule has 2 nitrogen and oxygen atoms in total. The van der Waals surface area contributed by atoms with Crippen LogP contribution in [0.1, 0.15) is 0 Å². The number of hydrogen-bond donors (Lipinski definition) is 0. The van der Waals surface area contributed by atoms with Crippen molar-refractivity contribution >= 4 is 44.4 Å². The second-order valence-electron chi connectivity index (χ2n) is 5.88. The highest BCUT2D eigenvalue weighted by Gasteiger charge is 2.14. The van der Waals surface area contributed by atoms with Crippen LogP contribution in [0.15, 0.2) is 78.9 Å². The molecule has 3 heteroatoms. The van der Waals surface area contributed by atoms with Crippen molar-refractivity contribution in [2.45, 2.75) is 0 Å². The SMILES string of the molecule is Clc1ccc2nc3c(cc2c1)c1ccccc1n3-c1ccccc1. The monoisotopic (exact) mass is 328 g/mol. The maximum Gasteiger partial charge on any atom is 0.146 e. The maximum atomic E-state index is 6.16. The standard InChI is InChI=1S/C21H13ClN2/c22-15-10-11-19-14(12-15)13-18-17-8-4-5-9-20(17)24(21(18)23-19)16-6-2-1-3-7-16/h1-13H. The molecule has 0 fully saturated rings. The summed E-state index contributed by atoms with van der Waals surface area (Å²) in [6.45, 7) is 0. The van der Waals surface area contributed by atoms with Gasteiger partial charge < -0.3 is 0 Å². The highest BCUT2D eigenvalue weighted by atomic mass is 35.5. The van der Waals surface area contributed by atoms with Gasteiger partial charge in [-0.2, -0.15) is 0 Å². The fourth-order valence-corrected chi connectivity index (χ4v) is 3.54. The number of pyridine rings is 1. The number of aromatic nitrogens is 2. The summed E-state index contributed by atoms with van der Waals surface area (Å²) in [5.74, 6) is 0. The molecule has 3 aromatic carbocycles. The number of nitrogens with zero attached hydrogens (tertiary/aromatic N) is 2. The van der Waals surface area contributed by atoms with Crippen LogP contribution in [0.3, 0.4) is 0 Å². The van der Waals surface area contributed by atoms with Crippen LogP contribution in [-0.2, 0) is 0 Å². The molecule has 2 aromatic heterocycles. The summed E-state index contributed by atoms with van der Waals surface area (Å²) in [7, 11) is 0. The zero-order valence-corrected chi connectivity index (χ0v) is 13.5. The first kappa shape index (κ1) is 13.6. The van der Waals surface area contributed by atoms with E-state index in [1.807, 2.05) is 24.3 Å². The fourth-order valence-electron chi connectivity index (χ4n) is 3.35. The van der Waals surface area contributed by atoms with Gasteiger partial charge in [-0.1, -0.05) is 48.0 Å². The van der Waals surface area contributed by atoms with E-state index in [-0.39, 0.29) is 0 Å². The molecule has 0 unspecified atom stereocenters. The zero-order valence-electron chi connectivity index (χ0n) is 12.8. The lowest BCUT2D eigenvalue weighted by Gasteiger charge is -2.07. The van der Waals surface area contributed by atoms with E-state index in [4.69, 9.17) is 16.6 Å². The van der Waals surface area contributed by atoms with Crippen LogP contribution in [0.5, 0.6) is 0 Å². The maximum absolute atomic E-state index is 6.16. The Morgan fingerprint density at radius 3 is 2.42 bits per heavy atom. The summed E-state index contributed by atoms with van der Waals surface area (Å²) < 4.78 is 2.22. The highest BCUT2D eigenvalue weighted by Crippen LogP contribution is 2.33. The minimum Gasteiger partial charge on any atom is -0.294 e. The Hall–Kier alpha value is -2.84. The predicted octanol–water partition coefficient (Wildman–Crippen LogP) is 5.99. The van der Waals surface area contributed by atoms with Gasteiger partial charge >= 0.3 is 0 Å². The van der Waals surface area contributed by atoms with Crippen LogP contribution in [-0.4, -0.2) is 9.55 Å². The Kier molecular flexibility index (Phi) is 2.88. The quantitative estimate of drug-likeness (QED) is 0.370. The van der Waals surface area contributed by atoms with Crippen LogP contribution in [0.25, 0.3) is 38.5 Å². The number of para-hydroxylation sites is 2. The van der Waals surface area contributed by atoms with Gasteiger partial charge in [0.25, 0.3) is 0 Å². The molecule has 0 radical (unpaired) electrons. The van der Waals surface area contributed by atoms with Crippen molar-refractivity contribution in [3.05, 3.63) is 83.9 Å². The first-order valence-electron chi connectivity index (χ1n) is 7.86. The zero-order chi connectivity index (χ0) is 16.1. The van der Waals surface area contributed by atoms with Crippen LogP contribution < -0.4 is 0 Å². The first-order valence-corrected chi connectivity index (χ1v) is 8.24. The smallest absolute Gasteiger partial charge is 0.146 e. The lowest BCUT2D eigenvalue weighted by Crippen LogP contribution is -1.95. The van der Waals surface area contributed by atoms with E-state index in [0.717, 1.165) is 38.2 Å². The molecular formula is C21H13ClN2. The normalized spacial score (nSPS) is 11.5. The fraction of sp³-hybridized carbons (Fsp3) is 0. The number of fused-ring (bicyclic) bond motifs is 4. The van der Waals surface area contributed by atoms with Gasteiger partial charge in [0, 0.05) is 26.9 Å². The number of rotatable bonds is 1. The topological polar surface area (TPSA) is 17.8 Å². The molecule has 0 saturated heterocycles. The van der Waals surface area contributed by atoms with Crippen molar-refractivity contribution in [2.75, 3.05) is 0 Å². The molecule has 5 rings (SSSR count). The molecular weight excluding hydrogens is 316 g/mol. The van der Waals surface area contributed by atoms with E-state index >= 15 is 0 Å². The Bertz CT molecular complexity index is 1210. The lowest BCUT2D eigenvalue weighted by atomic mass is 10.1. The molecule has 114 valence electrons. The Morgan fingerprint density at radius 1 is 0.750 bits per heavy atom. The second-order valence-corrected chi connectivity index (χ2v) is 6.32. The number of benzene rings is 3. The van der Waals surface area contributed by atoms with Crippen molar-refractivity contribution in [1.82, 2.24) is 9.55 Å². The third-order valence-electron chi connectivity index (χ3n) is 4.42. The molecule has 0 spiro atoms. The summed E-state index contributed by atoms with van der Waals surface area (Å²) in [6, 6.07) is 26.8. The molecule has 2 heterocycles. The molecule has 0 saturated carbocycles. The lowest BCUT2D eigenvalue weighted by molar-refractivity contribution is 1.15. The molecule has 5 aromatic rings. The van der Waals surface area contributed by atoms with Gasteiger partial charge in [-0.25, -0.2) is 4.98 Å². The predicted molar refractivity (Wildman–Crippen MR) is 101 cm³/mol. The van der Waals surface area contributed by atoms with Crippen LogP contribution in [0, 0.1) is 0 Å². The third-order valence-corrected chi connectivity index (χ3v) is 4.65. The molecule has 0 amide bonds. The van der Waals surface area contributed by atoms with E-state index in [2.05, 4.69) is 59.2 Å². The average molecular weight is 329 g/mol. The molecule has 0 aliphatic carbocycles. The largest absolute Gasteiger partial charge is 0.294 e. The Labute approximate surface area is 143 Å². The summed E-state index contributed by atoms with van der Waals surface area (Å²) in [6.07, 6.45) is 0. The highest BCUT2D eigenvalue weighted by molar-refractivity contribution is 6.31. The van der Waals surface area contributed by atoms with Crippen molar-refractivity contribution in [3.8, 4) is 5.69 Å². The van der Waals surface area contributed by atoms with Crippen LogP contribution >= 0.6 is 11.6 Å². The van der Waals surface area contributed by atoms with E-state index in [1.54, 1.807) is 0 Å². The van der Waals surface area contributed by atoms with Gasteiger partial charge in [0.15, 0.2) is 0 Å². The molecule has 0 N–H and O–H groups in total. The van der Waals surface area contributed by atoms with Crippen molar-refractivity contribution < 1.29 is 0 Å². The van der Waals surface area contributed by atoms with Gasteiger partial charge in [0.1, 0.15) is 5.65 Å². The van der Waals surface area contributed by atoms with E-state index in [1.165, 1.54) is 5.39 Å². The summed E-state index contributed by atoms with van der Waals surface area (Å²) >= 11 is 6.16. The van der Waals surface area contributed by atoms with Gasteiger partial charge in [0.05, 0.1) is 11.0 Å². The number of hydrogen-bond acceptors (Lipinski definition) is 1. The minimum absolute atomic E-state index is 0.732. The Balaban J connectivity index is 2.01. The molecule has 0 aliphatic heterocycles. The molecule has 0 aliphatic rings. The van der Waals surface area contributed by atoms with Crippen molar-refractivity contribution in [3.63, 3.8) is 0 Å². The second kappa shape index (κ2) is 5.08. The van der Waals surface area contributed by atoms with Crippen LogP contribution in [0.2, 0.25) is 5.02 Å². The molecule has 24 heavy (non-hydrogen) atoms. The summed E-state index contributed by atoms with van der Waals surface area (Å²) in [5, 5.41) is 4.14. The third kappa shape index (κ3) is 1.93. The van der Waals surface area contributed by atoms with E-state index in [9.17, 15) is 0 Å². The Morgan fingerprint density at radius 2 is 1.54 bits per heavy atom. The van der Waals surface area contributed by atoms with E-state index < -0.39 is 0 Å². The first-order chi connectivity index (χ1) is 11.8. The molecule has 0 atom stereocenters. The van der Waals surface area contributed by atoms with E-state index in [0.29, 0.717) is 0 Å². The van der Waals surface area contributed by atoms with Gasteiger partial charge in [0.2, 0.25) is 0 Å². The van der Waals surface area contributed by atoms with Crippen LogP contribution in [0.4, 0.5) is 0 Å². The number of halogens is 1. The summed E-state index contributed by atoms with van der Waals surface area (Å²) in [4.78, 5) is 4.94. The minimum atomic E-state index is 0.732.